The second-order valence-electron chi connectivity index (χ2n) is 1.47. The Morgan fingerprint density at radius 2 is 1.00 bits per heavy atom. The maximum Gasteiger partial charge on any atom is 4.00 e. The molecule has 0 saturated carbocycles. The predicted molar refractivity (Wildman–Crippen MR) is 50.4 cm³/mol. The zero-order valence-electron chi connectivity index (χ0n) is 8.61. The zero-order chi connectivity index (χ0) is 15.1. The molecule has 0 fully saturated rings. The molecule has 1 N–H and O–H groups in total. The summed E-state index contributed by atoms with van der Waals surface area (Å²) in [6.45, 7) is 0.0849. The van der Waals surface area contributed by atoms with Gasteiger partial charge in [-0.3, -0.25) is 0 Å². The van der Waals surface area contributed by atoms with Crippen LogP contribution in [-0.2, 0) is 53.1 Å². The first kappa shape index (κ1) is 28.5. The quantitative estimate of drug-likeness (QED) is 0.365. The van der Waals surface area contributed by atoms with Gasteiger partial charge < -0.3 is 24.7 Å². The molecule has 4 unspecified atom stereocenters. The minimum absolute atomic E-state index is 0. The molecule has 0 aliphatic heterocycles. The van der Waals surface area contributed by atoms with Gasteiger partial charge in [0.1, 0.15) is 8.62 Å². The summed E-state index contributed by atoms with van der Waals surface area (Å²) in [6, 6.07) is 0. The molecule has 0 aromatic rings. The van der Waals surface area contributed by atoms with E-state index in [4.69, 9.17) is 16.7 Å². The van der Waals surface area contributed by atoms with Crippen LogP contribution in [0.1, 0.15) is 0 Å². The van der Waals surface area contributed by atoms with Gasteiger partial charge in [-0.1, -0.05) is 0 Å². The molecule has 0 aromatic heterocycles. The Labute approximate surface area is 134 Å². The molecular formula is C2H5ClO11P4Zr+4. The molecule has 0 heterocycles. The van der Waals surface area contributed by atoms with Gasteiger partial charge in [0.05, 0.1) is 6.61 Å². The molecule has 0 saturated heterocycles. The minimum atomic E-state index is -3.24. The number of halogens is 1. The first-order valence-corrected chi connectivity index (χ1v) is 8.19. The smallest absolute Gasteiger partial charge is 0.563 e. The molecule has 0 bridgehead atoms. The van der Waals surface area contributed by atoms with E-state index in [1.54, 1.807) is 0 Å². The number of aliphatic hydroxyl groups excluding tert-OH is 1. The Kier molecular flexibility index (Phi) is 32.3. The topological polar surface area (TPSA) is 199 Å². The van der Waals surface area contributed by atoms with Gasteiger partial charge in [0, 0.05) is 5.88 Å². The van der Waals surface area contributed by atoms with Crippen molar-refractivity contribution in [1.29, 1.82) is 0 Å². The molecule has 0 radical (unpaired) electrons. The Morgan fingerprint density at radius 1 is 0.842 bits per heavy atom. The van der Waals surface area contributed by atoms with Crippen LogP contribution in [0.2, 0.25) is 0 Å². The third kappa shape index (κ3) is 54.5. The number of rotatable bonds is 5. The van der Waals surface area contributed by atoms with Crippen molar-refractivity contribution >= 4 is 44.6 Å². The van der Waals surface area contributed by atoms with Crippen LogP contribution < -0.4 is 19.6 Å². The molecule has 0 amide bonds. The summed E-state index contributed by atoms with van der Waals surface area (Å²) in [5, 5.41) is 7.74. The second-order valence-corrected chi connectivity index (χ2v) is 4.94. The first-order valence-electron chi connectivity index (χ1n) is 3.27. The minimum Gasteiger partial charge on any atom is -0.563 e. The standard InChI is InChI=1S/C2H5ClO.2O5P2.Zr/c3-1-2-4;2*1-6(2)5-7(3)4;/h4H,1-2H2;;;/q;;;+4. The summed E-state index contributed by atoms with van der Waals surface area (Å²) in [7, 11) is -12.9. The summed E-state index contributed by atoms with van der Waals surface area (Å²) >= 11 is 4.94. The van der Waals surface area contributed by atoms with Crippen LogP contribution in [-0.4, -0.2) is 17.6 Å². The summed E-state index contributed by atoms with van der Waals surface area (Å²) in [6.07, 6.45) is 0. The van der Waals surface area contributed by atoms with Crippen LogP contribution in [0.15, 0.2) is 0 Å². The SMILES string of the molecule is O=[P+]([O-])O[P+](=O)[O-].O=[P+]([O-])O[P+](=O)[O-].OCCCl.[Zr+4]. The molecule has 106 valence electrons. The van der Waals surface area contributed by atoms with Crippen LogP contribution in [0, 0.1) is 0 Å². The van der Waals surface area contributed by atoms with Crippen LogP contribution in [0.25, 0.3) is 0 Å². The largest absolute Gasteiger partial charge is 4.00 e. The number of aliphatic hydroxyl groups is 1. The first-order chi connectivity index (χ1) is 8.17. The third-order valence-corrected chi connectivity index (χ3v) is 2.65. The van der Waals surface area contributed by atoms with E-state index in [-0.39, 0.29) is 32.8 Å². The van der Waals surface area contributed by atoms with E-state index in [0.29, 0.717) is 5.88 Å². The maximum atomic E-state index is 9.24. The van der Waals surface area contributed by atoms with E-state index in [1.807, 2.05) is 0 Å². The van der Waals surface area contributed by atoms with Crippen LogP contribution in [0.5, 0.6) is 0 Å². The Hall–Kier alpha value is 1.29. The molecule has 11 nitrogen and oxygen atoms in total. The van der Waals surface area contributed by atoms with Crippen molar-refractivity contribution < 1.29 is 77.8 Å². The molecule has 4 atom stereocenters. The van der Waals surface area contributed by atoms with Crippen molar-refractivity contribution in [1.82, 2.24) is 0 Å². The molecule has 0 aliphatic rings. The molecule has 19 heavy (non-hydrogen) atoms. The van der Waals surface area contributed by atoms with Gasteiger partial charge in [-0.2, -0.15) is 0 Å². The molecule has 0 aromatic carbocycles. The number of alkyl halides is 1. The van der Waals surface area contributed by atoms with Gasteiger partial charge in [0.25, 0.3) is 0 Å². The van der Waals surface area contributed by atoms with Crippen molar-refractivity contribution in [2.45, 2.75) is 0 Å². The summed E-state index contributed by atoms with van der Waals surface area (Å²) in [5.41, 5.74) is 0. The fourth-order valence-electron chi connectivity index (χ4n) is 0.109. The van der Waals surface area contributed by atoms with Gasteiger partial charge >= 0.3 is 59.2 Å². The third-order valence-electron chi connectivity index (χ3n) is 0.351. The zero-order valence-corrected chi connectivity index (χ0v) is 15.4. The average Bonchev–Trinajstić information content (AvgIpc) is 2.14. The Balaban J connectivity index is -0.0000000900. The molecule has 17 heteroatoms. The number of hydrogen-bond donors (Lipinski definition) is 1. The van der Waals surface area contributed by atoms with Crippen LogP contribution in [0.3, 0.4) is 0 Å². The van der Waals surface area contributed by atoms with E-state index < -0.39 is 33.0 Å². The normalized spacial score (nSPS) is 11.5. The van der Waals surface area contributed by atoms with Crippen molar-refractivity contribution in [3.63, 3.8) is 0 Å². The second kappa shape index (κ2) is 21.6. The van der Waals surface area contributed by atoms with Crippen molar-refractivity contribution in [2.24, 2.45) is 0 Å². The van der Waals surface area contributed by atoms with Crippen molar-refractivity contribution in [3.8, 4) is 0 Å². The Bertz CT molecular complexity index is 234. The average molecular weight is 456 g/mol. The number of hydrogen-bond acceptors (Lipinski definition) is 11. The Morgan fingerprint density at radius 3 is 1.00 bits per heavy atom. The van der Waals surface area contributed by atoms with Crippen LogP contribution >= 0.6 is 44.6 Å². The van der Waals surface area contributed by atoms with E-state index >= 15 is 0 Å². The monoisotopic (exact) mass is 454 g/mol. The van der Waals surface area contributed by atoms with Gasteiger partial charge in [-0.05, 0) is 18.3 Å². The predicted octanol–water partition coefficient (Wildman–Crippen LogP) is -1.71. The van der Waals surface area contributed by atoms with Crippen LogP contribution in [0.4, 0.5) is 0 Å². The summed E-state index contributed by atoms with van der Waals surface area (Å²) in [5.74, 6) is 0.347. The summed E-state index contributed by atoms with van der Waals surface area (Å²) < 4.78 is 43.3. The van der Waals surface area contributed by atoms with E-state index in [0.717, 1.165) is 0 Å². The summed E-state index contributed by atoms with van der Waals surface area (Å²) in [4.78, 5) is 37.0. The van der Waals surface area contributed by atoms with E-state index in [9.17, 15) is 37.8 Å². The molecule has 0 spiro atoms. The van der Waals surface area contributed by atoms with Gasteiger partial charge in [0.15, 0.2) is 0 Å². The maximum absolute atomic E-state index is 9.24. The van der Waals surface area contributed by atoms with Crippen molar-refractivity contribution in [2.75, 3.05) is 12.5 Å². The fraction of sp³-hybridized carbons (Fsp3) is 1.00. The molecule has 0 aliphatic carbocycles. The van der Waals surface area contributed by atoms with E-state index in [1.165, 1.54) is 0 Å². The fourth-order valence-corrected chi connectivity index (χ4v) is 0.980. The van der Waals surface area contributed by atoms with E-state index in [2.05, 4.69) is 8.62 Å². The molecular weight excluding hydrogens is 451 g/mol. The van der Waals surface area contributed by atoms with Gasteiger partial charge in [-0.25, -0.2) is 0 Å². The van der Waals surface area contributed by atoms with Crippen molar-refractivity contribution in [3.05, 3.63) is 0 Å². The van der Waals surface area contributed by atoms with Gasteiger partial charge in [0.2, 0.25) is 0 Å². The molecule has 0 rings (SSSR count). The van der Waals surface area contributed by atoms with Gasteiger partial charge in [-0.15, -0.1) is 11.6 Å².